The number of aromatic nitrogens is 1. The van der Waals surface area contributed by atoms with Gasteiger partial charge in [-0.05, 0) is 43.9 Å². The molecule has 7 nitrogen and oxygen atoms in total. The van der Waals surface area contributed by atoms with Crippen LogP contribution in [0.15, 0.2) is 48.5 Å². The van der Waals surface area contributed by atoms with Crippen molar-refractivity contribution in [1.82, 2.24) is 4.98 Å². The molecule has 4 rings (SSSR count). The van der Waals surface area contributed by atoms with Crippen molar-refractivity contribution < 1.29 is 32.2 Å². The highest BCUT2D eigenvalue weighted by Gasteiger charge is 2.31. The normalized spacial score (nSPS) is 16.8. The second kappa shape index (κ2) is 12.3. The Hall–Kier alpha value is -4.26. The van der Waals surface area contributed by atoms with Crippen LogP contribution in [0.5, 0.6) is 17.4 Å². The van der Waals surface area contributed by atoms with Crippen LogP contribution < -0.4 is 14.8 Å². The minimum atomic E-state index is -1.56. The van der Waals surface area contributed by atoms with Crippen LogP contribution in [0.3, 0.4) is 0 Å². The van der Waals surface area contributed by atoms with Crippen LogP contribution >= 0.6 is 0 Å². The number of halogens is 3. The van der Waals surface area contributed by atoms with Gasteiger partial charge in [-0.2, -0.15) is 23.4 Å². The van der Waals surface area contributed by atoms with Crippen molar-refractivity contribution in [2.45, 2.75) is 45.3 Å². The quantitative estimate of drug-likeness (QED) is 0.260. The van der Waals surface area contributed by atoms with Crippen molar-refractivity contribution in [1.29, 1.82) is 5.26 Å². The molecular weight excluding hydrogens is 499 g/mol. The molecule has 0 saturated heterocycles. The van der Waals surface area contributed by atoms with Crippen LogP contribution in [0.4, 0.5) is 18.9 Å². The molecule has 1 aliphatic rings. The Kier molecular flexibility index (Phi) is 8.69. The lowest BCUT2D eigenvalue weighted by molar-refractivity contribution is -0.149. The fourth-order valence-electron chi connectivity index (χ4n) is 4.30. The molecule has 0 spiro atoms. The van der Waals surface area contributed by atoms with E-state index < -0.39 is 41.1 Å². The van der Waals surface area contributed by atoms with Gasteiger partial charge in [0.1, 0.15) is 12.3 Å². The number of carbonyl (C=O) groups excluding carboxylic acids is 1. The van der Waals surface area contributed by atoms with Gasteiger partial charge in [0.25, 0.3) is 11.8 Å². The largest absolute Gasteiger partial charge is 0.485 e. The number of hydrogen-bond acceptors (Lipinski definition) is 7. The first kappa shape index (κ1) is 26.8. The minimum Gasteiger partial charge on any atom is -0.485 e. The monoisotopic (exact) mass is 525 g/mol. The number of ether oxygens (including phenoxy) is 3. The predicted octanol–water partition coefficient (Wildman–Crippen LogP) is 6.28. The SMILES string of the molecule is CCOC(=O)C1CCCC(Nc2c(F)c(F)nc(Oc3cc(C#N)ccc3OCc3ccccc3)c2F)C1. The zero-order chi connectivity index (χ0) is 27.1. The van der Waals surface area contributed by atoms with Crippen LogP contribution in [0, 0.1) is 34.8 Å². The molecule has 0 bridgehead atoms. The summed E-state index contributed by atoms with van der Waals surface area (Å²) in [4.78, 5) is 15.5. The molecule has 0 aliphatic heterocycles. The number of pyridine rings is 1. The Morgan fingerprint density at radius 1 is 1.11 bits per heavy atom. The highest BCUT2D eigenvalue weighted by molar-refractivity contribution is 5.72. The van der Waals surface area contributed by atoms with E-state index in [4.69, 9.17) is 14.2 Å². The Balaban J connectivity index is 1.58. The molecule has 1 heterocycles. The Morgan fingerprint density at radius 3 is 2.63 bits per heavy atom. The van der Waals surface area contributed by atoms with Crippen LogP contribution in [0.25, 0.3) is 0 Å². The van der Waals surface area contributed by atoms with Gasteiger partial charge in [-0.1, -0.05) is 36.8 Å². The second-order valence-corrected chi connectivity index (χ2v) is 8.82. The molecule has 1 saturated carbocycles. The molecule has 2 atom stereocenters. The average molecular weight is 526 g/mol. The average Bonchev–Trinajstić information content (AvgIpc) is 2.94. The van der Waals surface area contributed by atoms with Crippen molar-refractivity contribution in [3.05, 3.63) is 77.2 Å². The van der Waals surface area contributed by atoms with E-state index >= 15 is 4.39 Å². The summed E-state index contributed by atoms with van der Waals surface area (Å²) in [6.07, 6.45) is 2.03. The van der Waals surface area contributed by atoms with E-state index in [1.54, 1.807) is 6.92 Å². The summed E-state index contributed by atoms with van der Waals surface area (Å²) in [5.41, 5.74) is 0.283. The van der Waals surface area contributed by atoms with Gasteiger partial charge >= 0.3 is 5.97 Å². The van der Waals surface area contributed by atoms with Gasteiger partial charge in [0.2, 0.25) is 11.6 Å². The van der Waals surface area contributed by atoms with Crippen LogP contribution in [0.2, 0.25) is 0 Å². The second-order valence-electron chi connectivity index (χ2n) is 8.82. The highest BCUT2D eigenvalue weighted by Crippen LogP contribution is 2.37. The fraction of sp³-hybridized carbons (Fsp3) is 0.321. The molecule has 1 N–H and O–H groups in total. The van der Waals surface area contributed by atoms with Crippen LogP contribution in [0.1, 0.15) is 43.7 Å². The number of nitriles is 1. The molecule has 0 radical (unpaired) electrons. The van der Waals surface area contributed by atoms with Gasteiger partial charge in [-0.25, -0.2) is 0 Å². The van der Waals surface area contributed by atoms with Gasteiger partial charge in [-0.15, -0.1) is 0 Å². The standard InChI is InChI=1S/C28H26F3N3O4/c1-2-36-28(35)19-9-6-10-20(14-19)33-25-23(29)26(31)34-27(24(25)30)38-22-13-18(15-32)11-12-21(22)37-16-17-7-4-3-5-8-17/h3-5,7-8,11-13,19-20H,2,6,9-10,14,16H2,1H3,(H,33,34). The lowest BCUT2D eigenvalue weighted by Gasteiger charge is -2.29. The zero-order valence-electron chi connectivity index (χ0n) is 20.7. The van der Waals surface area contributed by atoms with Gasteiger partial charge in [0, 0.05) is 12.1 Å². The van der Waals surface area contributed by atoms with E-state index in [0.29, 0.717) is 19.3 Å². The number of esters is 1. The zero-order valence-corrected chi connectivity index (χ0v) is 20.7. The van der Waals surface area contributed by atoms with E-state index in [0.717, 1.165) is 5.56 Å². The van der Waals surface area contributed by atoms with Crippen LogP contribution in [-0.4, -0.2) is 23.6 Å². The summed E-state index contributed by atoms with van der Waals surface area (Å²) in [7, 11) is 0. The first-order chi connectivity index (χ1) is 18.4. The number of rotatable bonds is 9. The van der Waals surface area contributed by atoms with Gasteiger partial charge in [0.05, 0.1) is 24.2 Å². The van der Waals surface area contributed by atoms with Gasteiger partial charge in [-0.3, -0.25) is 4.79 Å². The van der Waals surface area contributed by atoms with E-state index in [2.05, 4.69) is 10.3 Å². The van der Waals surface area contributed by atoms with Gasteiger partial charge in [0.15, 0.2) is 11.5 Å². The lowest BCUT2D eigenvalue weighted by Crippen LogP contribution is -2.32. The summed E-state index contributed by atoms with van der Waals surface area (Å²) in [6, 6.07) is 14.9. The Morgan fingerprint density at radius 2 is 1.89 bits per heavy atom. The third-order valence-electron chi connectivity index (χ3n) is 6.17. The summed E-state index contributed by atoms with van der Waals surface area (Å²) in [6.45, 7) is 2.08. The molecule has 38 heavy (non-hydrogen) atoms. The molecule has 1 fully saturated rings. The number of nitrogens with zero attached hydrogens (tertiary/aromatic N) is 2. The Bertz CT molecular complexity index is 1330. The number of hydrogen-bond donors (Lipinski definition) is 1. The maximum absolute atomic E-state index is 15.4. The first-order valence-corrected chi connectivity index (χ1v) is 12.3. The topological polar surface area (TPSA) is 93.5 Å². The molecule has 198 valence electrons. The molecule has 3 aromatic rings. The van der Waals surface area contributed by atoms with E-state index in [9.17, 15) is 18.8 Å². The summed E-state index contributed by atoms with van der Waals surface area (Å²) in [5, 5.41) is 12.0. The molecular formula is C28H26F3N3O4. The van der Waals surface area contributed by atoms with E-state index in [-0.39, 0.29) is 42.7 Å². The van der Waals surface area contributed by atoms with Crippen molar-refractivity contribution in [2.75, 3.05) is 11.9 Å². The molecule has 10 heteroatoms. The lowest BCUT2D eigenvalue weighted by atomic mass is 9.85. The van der Waals surface area contributed by atoms with Crippen LogP contribution in [-0.2, 0) is 16.1 Å². The maximum Gasteiger partial charge on any atom is 0.308 e. The summed E-state index contributed by atoms with van der Waals surface area (Å²) < 4.78 is 61.0. The number of carbonyl (C=O) groups is 1. The van der Waals surface area contributed by atoms with Crippen molar-refractivity contribution >= 4 is 11.7 Å². The fourth-order valence-corrected chi connectivity index (χ4v) is 4.30. The third-order valence-corrected chi connectivity index (χ3v) is 6.17. The van der Waals surface area contributed by atoms with Crippen molar-refractivity contribution in [3.63, 3.8) is 0 Å². The molecule has 1 aliphatic carbocycles. The van der Waals surface area contributed by atoms with Crippen molar-refractivity contribution in [3.8, 4) is 23.4 Å². The Labute approximate surface area is 218 Å². The predicted molar refractivity (Wildman–Crippen MR) is 132 cm³/mol. The highest BCUT2D eigenvalue weighted by atomic mass is 19.2. The minimum absolute atomic E-state index is 0.0941. The number of anilines is 1. The maximum atomic E-state index is 15.4. The van der Waals surface area contributed by atoms with Crippen molar-refractivity contribution in [2.24, 2.45) is 5.92 Å². The first-order valence-electron chi connectivity index (χ1n) is 12.3. The van der Waals surface area contributed by atoms with E-state index in [1.165, 1.54) is 18.2 Å². The van der Waals surface area contributed by atoms with E-state index in [1.807, 2.05) is 36.4 Å². The third kappa shape index (κ3) is 6.35. The summed E-state index contributed by atoms with van der Waals surface area (Å²) >= 11 is 0. The molecule has 2 aromatic carbocycles. The summed E-state index contributed by atoms with van der Waals surface area (Å²) in [5.74, 6) is -5.88. The molecule has 0 amide bonds. The molecule has 2 unspecified atom stereocenters. The number of nitrogens with one attached hydrogen (secondary N) is 1. The molecule has 1 aromatic heterocycles. The number of benzene rings is 2. The van der Waals surface area contributed by atoms with Gasteiger partial charge < -0.3 is 19.5 Å². The smallest absolute Gasteiger partial charge is 0.308 e.